The molecule has 7 nitrogen and oxygen atoms in total. The van der Waals surface area contributed by atoms with Crippen molar-refractivity contribution in [3.63, 3.8) is 0 Å². The molecule has 0 unspecified atom stereocenters. The number of carbonyl (C=O) groups excluding carboxylic acids is 1. The number of nitrogens with one attached hydrogen (secondary N) is 1. The van der Waals surface area contributed by atoms with Crippen molar-refractivity contribution >= 4 is 33.2 Å². The second-order valence-electron chi connectivity index (χ2n) is 5.80. The van der Waals surface area contributed by atoms with E-state index in [0.717, 1.165) is 4.68 Å². The van der Waals surface area contributed by atoms with Gasteiger partial charge in [-0.05, 0) is 34.8 Å². The van der Waals surface area contributed by atoms with Crippen molar-refractivity contribution in [1.29, 1.82) is 0 Å². The molecule has 2 aromatic rings. The van der Waals surface area contributed by atoms with E-state index < -0.39 is 29.2 Å². The van der Waals surface area contributed by atoms with Gasteiger partial charge in [0.1, 0.15) is 12.2 Å². The highest BCUT2D eigenvalue weighted by Gasteiger charge is 2.42. The number of amides is 1. The molecular formula is C15H12BrF3N4O3. The lowest BCUT2D eigenvalue weighted by molar-refractivity contribution is -0.383. The molecule has 3 rings (SSSR count). The van der Waals surface area contributed by atoms with Crippen LogP contribution in [0.15, 0.2) is 28.7 Å². The Labute approximate surface area is 153 Å². The van der Waals surface area contributed by atoms with E-state index in [-0.39, 0.29) is 21.8 Å². The van der Waals surface area contributed by atoms with E-state index in [1.54, 1.807) is 0 Å². The van der Waals surface area contributed by atoms with Gasteiger partial charge >= 0.3 is 6.18 Å². The molecule has 1 fully saturated rings. The van der Waals surface area contributed by atoms with E-state index in [1.165, 1.54) is 24.3 Å². The molecule has 26 heavy (non-hydrogen) atoms. The maximum Gasteiger partial charge on any atom is 0.436 e. The van der Waals surface area contributed by atoms with Crippen LogP contribution in [0.1, 0.15) is 30.1 Å². The molecular weight excluding hydrogens is 421 g/mol. The molecule has 0 spiro atoms. The summed E-state index contributed by atoms with van der Waals surface area (Å²) in [5.41, 5.74) is -1.11. The van der Waals surface area contributed by atoms with Gasteiger partial charge in [0.05, 0.1) is 15.1 Å². The number of anilines is 1. The number of alkyl halides is 3. The fourth-order valence-electron chi connectivity index (χ4n) is 2.57. The molecule has 11 heteroatoms. The van der Waals surface area contributed by atoms with Crippen molar-refractivity contribution in [3.05, 3.63) is 50.2 Å². The number of aromatic nitrogens is 2. The number of rotatable bonds is 5. The minimum atomic E-state index is -4.65. The molecule has 1 saturated carbocycles. The summed E-state index contributed by atoms with van der Waals surface area (Å²) in [6.07, 6.45) is -3.22. The molecule has 1 amide bonds. The predicted molar refractivity (Wildman–Crippen MR) is 88.6 cm³/mol. The molecule has 0 radical (unpaired) electrons. The Balaban J connectivity index is 1.85. The SMILES string of the molecule is O=C(Cn1nc(C(F)(F)F)c(Br)c1C1CC1)Nc1ccccc1[N+](=O)[O-]. The minimum Gasteiger partial charge on any atom is -0.319 e. The first kappa shape index (κ1) is 18.4. The zero-order valence-electron chi connectivity index (χ0n) is 13.1. The van der Waals surface area contributed by atoms with Crippen LogP contribution in [0.2, 0.25) is 0 Å². The summed E-state index contributed by atoms with van der Waals surface area (Å²) in [4.78, 5) is 22.6. The average Bonchev–Trinajstić information content (AvgIpc) is 3.31. The minimum absolute atomic E-state index is 0.0299. The quantitative estimate of drug-likeness (QED) is 0.568. The highest BCUT2D eigenvalue weighted by molar-refractivity contribution is 9.10. The average molecular weight is 433 g/mol. The summed E-state index contributed by atoms with van der Waals surface area (Å²) >= 11 is 2.94. The Kier molecular flexibility index (Phi) is 4.74. The third-order valence-electron chi connectivity index (χ3n) is 3.83. The van der Waals surface area contributed by atoms with E-state index in [9.17, 15) is 28.1 Å². The Morgan fingerprint density at radius 3 is 2.62 bits per heavy atom. The van der Waals surface area contributed by atoms with Crippen LogP contribution < -0.4 is 5.32 Å². The normalized spacial score (nSPS) is 14.3. The maximum absolute atomic E-state index is 13.1. The Bertz CT molecular complexity index is 878. The van der Waals surface area contributed by atoms with Crippen LogP contribution >= 0.6 is 15.9 Å². The number of carbonyl (C=O) groups is 1. The largest absolute Gasteiger partial charge is 0.436 e. The molecule has 1 aliphatic carbocycles. The van der Waals surface area contributed by atoms with Gasteiger partial charge in [-0.2, -0.15) is 18.3 Å². The third-order valence-corrected chi connectivity index (χ3v) is 4.61. The topological polar surface area (TPSA) is 90.1 Å². The molecule has 0 atom stereocenters. The fourth-order valence-corrected chi connectivity index (χ4v) is 3.40. The van der Waals surface area contributed by atoms with Gasteiger partial charge in [-0.1, -0.05) is 12.1 Å². The summed E-state index contributed by atoms with van der Waals surface area (Å²) in [7, 11) is 0. The molecule has 1 aromatic heterocycles. The van der Waals surface area contributed by atoms with E-state index in [1.807, 2.05) is 0 Å². The molecule has 0 saturated heterocycles. The first-order chi connectivity index (χ1) is 12.2. The van der Waals surface area contributed by atoms with Gasteiger partial charge in [0.25, 0.3) is 5.69 Å². The van der Waals surface area contributed by atoms with Crippen LogP contribution in [0.25, 0.3) is 0 Å². The molecule has 0 aliphatic heterocycles. The molecule has 1 N–H and O–H groups in total. The summed E-state index contributed by atoms with van der Waals surface area (Å²) in [5, 5.41) is 16.9. The monoisotopic (exact) mass is 432 g/mol. The smallest absolute Gasteiger partial charge is 0.319 e. The van der Waals surface area contributed by atoms with Crippen molar-refractivity contribution in [2.75, 3.05) is 5.32 Å². The van der Waals surface area contributed by atoms with Gasteiger partial charge in [-0.15, -0.1) is 0 Å². The summed E-state index contributed by atoms with van der Waals surface area (Å²) in [6.45, 7) is -0.480. The van der Waals surface area contributed by atoms with Crippen molar-refractivity contribution in [2.45, 2.75) is 31.5 Å². The Morgan fingerprint density at radius 1 is 1.38 bits per heavy atom. The second kappa shape index (κ2) is 6.71. The van der Waals surface area contributed by atoms with Crippen molar-refractivity contribution < 1.29 is 22.9 Å². The van der Waals surface area contributed by atoms with E-state index in [0.29, 0.717) is 18.5 Å². The lowest BCUT2D eigenvalue weighted by Crippen LogP contribution is -2.21. The van der Waals surface area contributed by atoms with Gasteiger partial charge in [-0.3, -0.25) is 19.6 Å². The van der Waals surface area contributed by atoms with Gasteiger partial charge in [-0.25, -0.2) is 0 Å². The Hall–Kier alpha value is -2.43. The number of hydrogen-bond acceptors (Lipinski definition) is 4. The number of halogens is 4. The van der Waals surface area contributed by atoms with Crippen molar-refractivity contribution in [3.8, 4) is 0 Å². The summed E-state index contributed by atoms with van der Waals surface area (Å²) < 4.78 is 40.1. The van der Waals surface area contributed by atoms with Crippen LogP contribution in [0.4, 0.5) is 24.5 Å². The molecule has 1 heterocycles. The number of benzene rings is 1. The van der Waals surface area contributed by atoms with Crippen molar-refractivity contribution in [2.24, 2.45) is 0 Å². The lowest BCUT2D eigenvalue weighted by Gasteiger charge is -2.08. The van der Waals surface area contributed by atoms with Gasteiger partial charge < -0.3 is 5.32 Å². The highest BCUT2D eigenvalue weighted by atomic mass is 79.9. The standard InChI is InChI=1S/C15H12BrF3N4O3/c16-12-13(8-5-6-8)22(21-14(12)15(17,18)19)7-11(24)20-9-3-1-2-4-10(9)23(25)26/h1-4,8H,5-7H2,(H,20,24). The molecule has 0 bridgehead atoms. The van der Waals surface area contributed by atoms with E-state index in [4.69, 9.17) is 0 Å². The van der Waals surface area contributed by atoms with E-state index >= 15 is 0 Å². The first-order valence-corrected chi connectivity index (χ1v) is 8.34. The zero-order chi connectivity index (χ0) is 19.1. The Morgan fingerprint density at radius 2 is 2.04 bits per heavy atom. The molecule has 1 aromatic carbocycles. The lowest BCUT2D eigenvalue weighted by atomic mass is 10.2. The number of nitro groups is 1. The summed E-state index contributed by atoms with van der Waals surface area (Å²) in [6, 6.07) is 5.51. The third kappa shape index (κ3) is 3.71. The van der Waals surface area contributed by atoms with Crippen LogP contribution in [0.5, 0.6) is 0 Å². The first-order valence-electron chi connectivity index (χ1n) is 7.55. The summed E-state index contributed by atoms with van der Waals surface area (Å²) in [5.74, 6) is -0.795. The number of nitro benzene ring substituents is 1. The fraction of sp³-hybridized carbons (Fsp3) is 0.333. The van der Waals surface area contributed by atoms with Crippen LogP contribution in [0.3, 0.4) is 0 Å². The van der Waals surface area contributed by atoms with E-state index in [2.05, 4.69) is 26.3 Å². The number of para-hydroxylation sites is 2. The van der Waals surface area contributed by atoms with Gasteiger partial charge in [0.2, 0.25) is 5.91 Å². The zero-order valence-corrected chi connectivity index (χ0v) is 14.7. The predicted octanol–water partition coefficient (Wildman–Crippen LogP) is 4.09. The number of hydrogen-bond donors (Lipinski definition) is 1. The van der Waals surface area contributed by atoms with Gasteiger partial charge in [0.15, 0.2) is 5.69 Å². The number of nitrogens with zero attached hydrogens (tertiary/aromatic N) is 3. The van der Waals surface area contributed by atoms with Crippen molar-refractivity contribution in [1.82, 2.24) is 9.78 Å². The molecule has 1 aliphatic rings. The van der Waals surface area contributed by atoms with Gasteiger partial charge in [0, 0.05) is 12.0 Å². The van der Waals surface area contributed by atoms with Crippen LogP contribution in [-0.4, -0.2) is 20.6 Å². The van der Waals surface area contributed by atoms with Crippen LogP contribution in [0, 0.1) is 10.1 Å². The second-order valence-corrected chi connectivity index (χ2v) is 6.59. The molecule has 138 valence electrons. The van der Waals surface area contributed by atoms with Crippen LogP contribution in [-0.2, 0) is 17.5 Å². The highest BCUT2D eigenvalue weighted by Crippen LogP contribution is 2.46. The maximum atomic E-state index is 13.1.